The quantitative estimate of drug-likeness (QED) is 0.460. The van der Waals surface area contributed by atoms with Crippen molar-refractivity contribution >= 4 is 28.3 Å². The van der Waals surface area contributed by atoms with Gasteiger partial charge in [-0.25, -0.2) is 9.83 Å². The van der Waals surface area contributed by atoms with Crippen LogP contribution in [-0.2, 0) is 12.7 Å². The van der Waals surface area contributed by atoms with Gasteiger partial charge in [0.25, 0.3) is 5.89 Å². The molecule has 4 aromatic rings. The monoisotopic (exact) mass is 404 g/mol. The van der Waals surface area contributed by atoms with Gasteiger partial charge >= 0.3 is 6.18 Å². The molecule has 3 heterocycles. The second-order valence-corrected chi connectivity index (χ2v) is 5.99. The van der Waals surface area contributed by atoms with Gasteiger partial charge in [0.05, 0.1) is 22.6 Å². The van der Waals surface area contributed by atoms with E-state index in [2.05, 4.69) is 25.0 Å². The lowest BCUT2D eigenvalue weighted by Gasteiger charge is -2.09. The van der Waals surface area contributed by atoms with Crippen molar-refractivity contribution in [2.24, 2.45) is 0 Å². The third kappa shape index (κ3) is 3.05. The molecule has 3 aromatic heterocycles. The van der Waals surface area contributed by atoms with E-state index < -0.39 is 12.0 Å². The van der Waals surface area contributed by atoms with Crippen LogP contribution in [-0.4, -0.2) is 24.7 Å². The van der Waals surface area contributed by atoms with Crippen molar-refractivity contribution in [3.8, 4) is 11.6 Å². The van der Waals surface area contributed by atoms with Gasteiger partial charge in [-0.05, 0) is 18.2 Å². The Morgan fingerprint density at radius 1 is 1.18 bits per heavy atom. The molecular weight excluding hydrogens is 397 g/mol. The first kappa shape index (κ1) is 17.9. The lowest BCUT2D eigenvalue weighted by atomic mass is 10.2. The number of benzene rings is 1. The minimum atomic E-state index is -4.75. The molecule has 1 aromatic carbocycles. The van der Waals surface area contributed by atoms with Gasteiger partial charge in [-0.3, -0.25) is 4.98 Å². The molecule has 0 spiro atoms. The van der Waals surface area contributed by atoms with Gasteiger partial charge in [0.1, 0.15) is 12.2 Å². The van der Waals surface area contributed by atoms with Crippen LogP contribution in [0.4, 0.5) is 18.9 Å². The van der Waals surface area contributed by atoms with Gasteiger partial charge < -0.3 is 8.98 Å². The van der Waals surface area contributed by atoms with Gasteiger partial charge in [-0.1, -0.05) is 23.7 Å². The molecule has 0 unspecified atom stereocenters. The number of nitrogens with zero attached hydrogens (tertiary/aromatic N) is 6. The van der Waals surface area contributed by atoms with Crippen LogP contribution in [0.1, 0.15) is 11.7 Å². The summed E-state index contributed by atoms with van der Waals surface area (Å²) in [5, 5.41) is 7.48. The molecule has 140 valence electrons. The molecule has 0 aliphatic rings. The summed E-state index contributed by atoms with van der Waals surface area (Å²) < 4.78 is 46.9. The highest BCUT2D eigenvalue weighted by Crippen LogP contribution is 2.37. The maximum atomic E-state index is 13.5. The molecule has 0 aliphatic heterocycles. The summed E-state index contributed by atoms with van der Waals surface area (Å²) in [6.45, 7) is 6.68. The topological polar surface area (TPSA) is 74.0 Å². The van der Waals surface area contributed by atoms with Crippen LogP contribution in [0.2, 0.25) is 5.02 Å². The van der Waals surface area contributed by atoms with Crippen LogP contribution < -0.4 is 0 Å². The van der Waals surface area contributed by atoms with Crippen LogP contribution >= 0.6 is 11.6 Å². The minimum absolute atomic E-state index is 0.0165. The fourth-order valence-electron chi connectivity index (χ4n) is 2.66. The molecule has 0 atom stereocenters. The van der Waals surface area contributed by atoms with Crippen molar-refractivity contribution in [3.63, 3.8) is 0 Å². The molecule has 0 N–H and O–H groups in total. The van der Waals surface area contributed by atoms with Crippen molar-refractivity contribution in [2.75, 3.05) is 0 Å². The molecule has 0 amide bonds. The van der Waals surface area contributed by atoms with Crippen molar-refractivity contribution in [1.82, 2.24) is 24.7 Å². The molecule has 0 aliphatic carbocycles. The third-order valence-corrected chi connectivity index (χ3v) is 4.23. The lowest BCUT2D eigenvalue weighted by Crippen LogP contribution is -2.15. The fraction of sp³-hybridized carbons (Fsp3) is 0.118. The highest BCUT2D eigenvalue weighted by Gasteiger charge is 2.38. The zero-order valence-electron chi connectivity index (χ0n) is 13.8. The average molecular weight is 405 g/mol. The number of hydrogen-bond donors (Lipinski definition) is 0. The number of fused-ring (bicyclic) bond motifs is 1. The molecule has 7 nitrogen and oxygen atoms in total. The van der Waals surface area contributed by atoms with Crippen molar-refractivity contribution in [2.45, 2.75) is 12.7 Å². The Balaban J connectivity index is 1.81. The van der Waals surface area contributed by atoms with Gasteiger partial charge in [0.15, 0.2) is 0 Å². The number of pyridine rings is 1. The summed E-state index contributed by atoms with van der Waals surface area (Å²) in [6, 6.07) is 7.75. The first-order valence-electron chi connectivity index (χ1n) is 7.75. The number of halogens is 4. The van der Waals surface area contributed by atoms with Gasteiger partial charge in [-0.15, -0.1) is 10.2 Å². The van der Waals surface area contributed by atoms with E-state index >= 15 is 0 Å². The largest absolute Gasteiger partial charge is 0.449 e. The minimum Gasteiger partial charge on any atom is -0.417 e. The molecule has 28 heavy (non-hydrogen) atoms. The lowest BCUT2D eigenvalue weighted by molar-refractivity contribution is -0.146. The number of alkyl halides is 3. The second-order valence-electron chi connectivity index (χ2n) is 5.61. The van der Waals surface area contributed by atoms with Gasteiger partial charge in [-0.2, -0.15) is 13.2 Å². The second kappa shape index (κ2) is 6.61. The van der Waals surface area contributed by atoms with Crippen molar-refractivity contribution in [3.05, 3.63) is 64.7 Å². The Morgan fingerprint density at radius 2 is 2.00 bits per heavy atom. The highest BCUT2D eigenvalue weighted by atomic mass is 35.5. The number of aromatic nitrogens is 5. The molecule has 4 rings (SSSR count). The van der Waals surface area contributed by atoms with Gasteiger partial charge in [0, 0.05) is 6.20 Å². The smallest absolute Gasteiger partial charge is 0.417 e. The van der Waals surface area contributed by atoms with Gasteiger partial charge in [0.2, 0.25) is 17.4 Å². The van der Waals surface area contributed by atoms with E-state index in [0.29, 0.717) is 5.69 Å². The summed E-state index contributed by atoms with van der Waals surface area (Å²) in [5.41, 5.74) is 0.398. The van der Waals surface area contributed by atoms with Crippen LogP contribution in [0, 0.1) is 6.57 Å². The van der Waals surface area contributed by atoms with Crippen molar-refractivity contribution in [1.29, 1.82) is 0 Å². The SMILES string of the molecule is [C-]#[N+]c1ccc2c(nc(C(F)(F)F)n2Cc2nnc(-c3ccccn3)o2)c1Cl. The van der Waals surface area contributed by atoms with Crippen LogP contribution in [0.15, 0.2) is 40.9 Å². The molecular formula is C17H8ClF3N6O. The molecule has 0 saturated carbocycles. The van der Waals surface area contributed by atoms with E-state index in [-0.39, 0.29) is 40.1 Å². The maximum Gasteiger partial charge on any atom is 0.449 e. The van der Waals surface area contributed by atoms with E-state index in [4.69, 9.17) is 22.6 Å². The summed E-state index contributed by atoms with van der Waals surface area (Å²) in [5.74, 6) is -1.15. The molecule has 0 bridgehead atoms. The predicted molar refractivity (Wildman–Crippen MR) is 92.6 cm³/mol. The number of rotatable bonds is 3. The molecule has 0 fully saturated rings. The van der Waals surface area contributed by atoms with Crippen LogP contribution in [0.25, 0.3) is 27.5 Å². The van der Waals surface area contributed by atoms with Crippen LogP contribution in [0.3, 0.4) is 0 Å². The van der Waals surface area contributed by atoms with Crippen molar-refractivity contribution < 1.29 is 17.6 Å². The van der Waals surface area contributed by atoms with E-state index in [1.54, 1.807) is 18.2 Å². The molecule has 0 saturated heterocycles. The Labute approximate surface area is 160 Å². The normalized spacial score (nSPS) is 11.7. The standard InChI is InChI=1S/C17H8ClF3N6O/c1-22-9-5-6-11-14(13(9)18)24-16(17(19,20)21)27(11)8-12-25-26-15(28-12)10-4-2-3-7-23-10/h2-7H,8H2. The molecule has 11 heteroatoms. The Morgan fingerprint density at radius 3 is 2.68 bits per heavy atom. The number of hydrogen-bond acceptors (Lipinski definition) is 5. The summed E-state index contributed by atoms with van der Waals surface area (Å²) >= 11 is 6.05. The summed E-state index contributed by atoms with van der Waals surface area (Å²) in [4.78, 5) is 10.9. The summed E-state index contributed by atoms with van der Waals surface area (Å²) in [6.07, 6.45) is -3.22. The van der Waals surface area contributed by atoms with E-state index in [1.165, 1.54) is 18.3 Å². The van der Waals surface area contributed by atoms with E-state index in [0.717, 1.165) is 4.57 Å². The Kier molecular flexibility index (Phi) is 4.24. The van der Waals surface area contributed by atoms with E-state index in [1.807, 2.05) is 0 Å². The highest BCUT2D eigenvalue weighted by molar-refractivity contribution is 6.37. The Bertz CT molecular complexity index is 1210. The summed E-state index contributed by atoms with van der Waals surface area (Å²) in [7, 11) is 0. The zero-order chi connectivity index (χ0) is 19.9. The molecule has 0 radical (unpaired) electrons. The zero-order valence-corrected chi connectivity index (χ0v) is 14.5. The first-order chi connectivity index (χ1) is 13.4. The average Bonchev–Trinajstić information content (AvgIpc) is 3.29. The Hall–Kier alpha value is -3.45. The van der Waals surface area contributed by atoms with Crippen LogP contribution in [0.5, 0.6) is 0 Å². The maximum absolute atomic E-state index is 13.5. The predicted octanol–water partition coefficient (Wildman–Crippen LogP) is 4.75. The third-order valence-electron chi connectivity index (χ3n) is 3.86. The number of imidazole rings is 1. The fourth-order valence-corrected chi connectivity index (χ4v) is 2.90. The van der Waals surface area contributed by atoms with E-state index in [9.17, 15) is 13.2 Å². The first-order valence-corrected chi connectivity index (χ1v) is 8.13.